The van der Waals surface area contributed by atoms with Crippen molar-refractivity contribution < 1.29 is 33.3 Å². The molecule has 47 heavy (non-hydrogen) atoms. The van der Waals surface area contributed by atoms with Crippen LogP contribution in [0.1, 0.15) is 37.3 Å². The van der Waals surface area contributed by atoms with Gasteiger partial charge in [0, 0.05) is 64.7 Å². The Labute approximate surface area is 278 Å². The minimum Gasteiger partial charge on any atom is -0.497 e. The van der Waals surface area contributed by atoms with Crippen LogP contribution in [0.3, 0.4) is 0 Å². The average Bonchev–Trinajstić information content (AvgIpc) is 3.09. The minimum atomic E-state index is -0.814. The normalized spacial score (nSPS) is 21.3. The quantitative estimate of drug-likeness (QED) is 0.397. The largest absolute Gasteiger partial charge is 0.497 e. The number of ether oxygens (including phenoxy) is 4. The fourth-order valence-electron chi connectivity index (χ4n) is 5.82. The van der Waals surface area contributed by atoms with E-state index in [4.69, 9.17) is 18.9 Å². The van der Waals surface area contributed by atoms with Gasteiger partial charge in [-0.3, -0.25) is 24.2 Å². The summed E-state index contributed by atoms with van der Waals surface area (Å²) in [5, 5.41) is 5.95. The number of hydrogen-bond acceptors (Lipinski definition) is 9. The summed E-state index contributed by atoms with van der Waals surface area (Å²) in [5.41, 5.74) is 1.87. The number of carbonyl (C=O) groups excluding carboxylic acids is 3. The van der Waals surface area contributed by atoms with Gasteiger partial charge >= 0.3 is 0 Å². The molecule has 2 aliphatic heterocycles. The van der Waals surface area contributed by atoms with Crippen LogP contribution in [0.15, 0.2) is 42.5 Å². The van der Waals surface area contributed by atoms with E-state index >= 15 is 0 Å². The summed E-state index contributed by atoms with van der Waals surface area (Å²) in [7, 11) is 4.84. The highest BCUT2D eigenvalue weighted by molar-refractivity contribution is 5.92. The molecule has 2 fully saturated rings. The molecule has 3 amide bonds. The predicted octanol–water partition coefficient (Wildman–Crippen LogP) is 2.09. The molecule has 2 aromatic carbocycles. The lowest BCUT2D eigenvalue weighted by molar-refractivity contribution is -0.141. The number of nitrogens with zero attached hydrogens (tertiary/aromatic N) is 3. The van der Waals surface area contributed by atoms with Crippen LogP contribution in [-0.4, -0.2) is 125 Å². The van der Waals surface area contributed by atoms with E-state index in [1.807, 2.05) is 42.5 Å². The zero-order valence-electron chi connectivity index (χ0n) is 28.3. The van der Waals surface area contributed by atoms with E-state index < -0.39 is 12.1 Å². The molecular weight excluding hydrogens is 602 g/mol. The topological polar surface area (TPSA) is 122 Å². The number of rotatable bonds is 10. The predicted molar refractivity (Wildman–Crippen MR) is 179 cm³/mol. The van der Waals surface area contributed by atoms with Crippen molar-refractivity contribution in [1.82, 2.24) is 25.3 Å². The van der Waals surface area contributed by atoms with Gasteiger partial charge in [0.1, 0.15) is 24.4 Å². The third kappa shape index (κ3) is 10.8. The summed E-state index contributed by atoms with van der Waals surface area (Å²) < 4.78 is 22.7. The molecule has 2 heterocycles. The van der Waals surface area contributed by atoms with Crippen LogP contribution >= 0.6 is 0 Å². The Morgan fingerprint density at radius 1 is 0.915 bits per heavy atom. The van der Waals surface area contributed by atoms with Crippen molar-refractivity contribution in [3.8, 4) is 17.2 Å². The number of para-hydroxylation sites is 1. The SMILES string of the molecule is COc1ccc(C[C@@H]2NC(=O)CCCN(Cc3cccc(OC)c3OCCN3CCOCC3)CCCNC(=O)[C@H](C)N(C)C2=O)cc1. The van der Waals surface area contributed by atoms with Gasteiger partial charge in [-0.1, -0.05) is 24.3 Å². The first kappa shape index (κ1) is 36.0. The molecule has 0 saturated carbocycles. The molecule has 12 nitrogen and oxygen atoms in total. The van der Waals surface area contributed by atoms with Crippen LogP contribution in [0, 0.1) is 0 Å². The zero-order chi connectivity index (χ0) is 33.6. The number of carbonyl (C=O) groups is 3. The van der Waals surface area contributed by atoms with Crippen molar-refractivity contribution in [1.29, 1.82) is 0 Å². The van der Waals surface area contributed by atoms with Gasteiger partial charge in [0.2, 0.25) is 17.7 Å². The highest BCUT2D eigenvalue weighted by atomic mass is 16.5. The lowest BCUT2D eigenvalue weighted by Crippen LogP contribution is -2.54. The van der Waals surface area contributed by atoms with Crippen LogP contribution in [0.4, 0.5) is 0 Å². The molecule has 0 bridgehead atoms. The molecule has 2 saturated heterocycles. The number of likely N-dealkylation sites (N-methyl/N-ethyl adjacent to an activating group) is 1. The molecule has 0 unspecified atom stereocenters. The molecule has 2 N–H and O–H groups in total. The van der Waals surface area contributed by atoms with Crippen LogP contribution in [0.5, 0.6) is 17.2 Å². The number of hydrogen-bond donors (Lipinski definition) is 2. The Morgan fingerprint density at radius 3 is 2.38 bits per heavy atom. The molecule has 258 valence electrons. The van der Waals surface area contributed by atoms with Crippen molar-refractivity contribution >= 4 is 17.7 Å². The summed E-state index contributed by atoms with van der Waals surface area (Å²) in [5.74, 6) is 1.36. The second-order valence-electron chi connectivity index (χ2n) is 12.1. The third-order valence-corrected chi connectivity index (χ3v) is 8.80. The third-order valence-electron chi connectivity index (χ3n) is 8.80. The highest BCUT2D eigenvalue weighted by Crippen LogP contribution is 2.32. The Balaban J connectivity index is 1.45. The number of methoxy groups -OCH3 is 2. The maximum absolute atomic E-state index is 13.6. The smallest absolute Gasteiger partial charge is 0.245 e. The van der Waals surface area contributed by atoms with E-state index in [-0.39, 0.29) is 24.1 Å². The van der Waals surface area contributed by atoms with E-state index in [0.717, 1.165) is 49.7 Å². The molecule has 12 heteroatoms. The Kier molecular flexibility index (Phi) is 14.1. The molecule has 0 aliphatic carbocycles. The van der Waals surface area contributed by atoms with Crippen molar-refractivity contribution in [2.75, 3.05) is 80.4 Å². The first-order valence-corrected chi connectivity index (χ1v) is 16.6. The lowest BCUT2D eigenvalue weighted by Gasteiger charge is -2.29. The standard InChI is InChI=1S/C35H51N5O7/c1-26-34(42)36-15-7-17-40(25-28-8-5-9-31(45-4)33(28)47-23-20-39-18-21-46-22-19-39)16-6-10-32(41)37-30(35(43)38(26)2)24-27-11-13-29(44-3)14-12-27/h5,8-9,11-14,26,30H,6-7,10,15-25H2,1-4H3,(H,36,42)(H,37,41)/t26-,30-/m0/s1. The average molecular weight is 654 g/mol. The molecule has 0 radical (unpaired) electrons. The highest BCUT2D eigenvalue weighted by Gasteiger charge is 2.30. The molecule has 2 aliphatic rings. The van der Waals surface area contributed by atoms with Crippen LogP contribution in [0.2, 0.25) is 0 Å². The first-order valence-electron chi connectivity index (χ1n) is 16.6. The second-order valence-corrected chi connectivity index (χ2v) is 12.1. The van der Waals surface area contributed by atoms with Gasteiger partial charge < -0.3 is 34.5 Å². The number of morpholine rings is 1. The van der Waals surface area contributed by atoms with Crippen molar-refractivity contribution in [3.05, 3.63) is 53.6 Å². The maximum Gasteiger partial charge on any atom is 0.245 e. The molecule has 4 rings (SSSR count). The van der Waals surface area contributed by atoms with Gasteiger partial charge in [0.25, 0.3) is 0 Å². The zero-order valence-corrected chi connectivity index (χ0v) is 28.3. The minimum absolute atomic E-state index is 0.203. The van der Waals surface area contributed by atoms with Gasteiger partial charge in [-0.15, -0.1) is 0 Å². The van der Waals surface area contributed by atoms with Gasteiger partial charge in [-0.05, 0) is 50.1 Å². The summed E-state index contributed by atoms with van der Waals surface area (Å²) in [6.07, 6.45) is 1.87. The lowest BCUT2D eigenvalue weighted by atomic mass is 10.0. The molecule has 2 atom stereocenters. The summed E-state index contributed by atoms with van der Waals surface area (Å²) in [6.45, 7) is 8.72. The van der Waals surface area contributed by atoms with E-state index in [1.54, 1.807) is 28.2 Å². The van der Waals surface area contributed by atoms with E-state index in [0.29, 0.717) is 63.5 Å². The van der Waals surface area contributed by atoms with Gasteiger partial charge in [0.15, 0.2) is 11.5 Å². The molecule has 0 aromatic heterocycles. The summed E-state index contributed by atoms with van der Waals surface area (Å²) in [4.78, 5) is 45.9. The van der Waals surface area contributed by atoms with Gasteiger partial charge in [-0.25, -0.2) is 0 Å². The Bertz CT molecular complexity index is 1300. The molecule has 2 aromatic rings. The van der Waals surface area contributed by atoms with Crippen LogP contribution in [0.25, 0.3) is 0 Å². The maximum atomic E-state index is 13.6. The van der Waals surface area contributed by atoms with E-state index in [1.165, 1.54) is 4.90 Å². The van der Waals surface area contributed by atoms with Crippen LogP contribution < -0.4 is 24.8 Å². The fraction of sp³-hybridized carbons (Fsp3) is 0.571. The Morgan fingerprint density at radius 2 is 1.66 bits per heavy atom. The number of benzene rings is 2. The molecular formula is C35H51N5O7. The molecule has 0 spiro atoms. The fourth-order valence-corrected chi connectivity index (χ4v) is 5.82. The number of amides is 3. The summed E-state index contributed by atoms with van der Waals surface area (Å²) >= 11 is 0. The van der Waals surface area contributed by atoms with Crippen molar-refractivity contribution in [2.24, 2.45) is 0 Å². The number of nitrogens with one attached hydrogen (secondary N) is 2. The Hall–Kier alpha value is -3.87. The van der Waals surface area contributed by atoms with Gasteiger partial charge in [0.05, 0.1) is 27.4 Å². The second kappa shape index (κ2) is 18.5. The van der Waals surface area contributed by atoms with Crippen LogP contribution in [-0.2, 0) is 32.1 Å². The van der Waals surface area contributed by atoms with E-state index in [2.05, 4.69) is 20.4 Å². The monoisotopic (exact) mass is 653 g/mol. The first-order chi connectivity index (χ1) is 22.8. The van der Waals surface area contributed by atoms with Crippen molar-refractivity contribution in [3.63, 3.8) is 0 Å². The van der Waals surface area contributed by atoms with Gasteiger partial charge in [-0.2, -0.15) is 0 Å². The van der Waals surface area contributed by atoms with E-state index in [9.17, 15) is 14.4 Å². The summed E-state index contributed by atoms with van der Waals surface area (Å²) in [6, 6.07) is 11.8. The van der Waals surface area contributed by atoms with Crippen molar-refractivity contribution in [2.45, 2.75) is 51.2 Å².